The van der Waals surface area contributed by atoms with Crippen LogP contribution >= 0.6 is 0 Å². The Morgan fingerprint density at radius 3 is 1.34 bits per heavy atom. The van der Waals surface area contributed by atoms with Crippen LogP contribution in [0.4, 0.5) is 0 Å². The van der Waals surface area contributed by atoms with Gasteiger partial charge in [0.2, 0.25) is 0 Å². The Kier molecular flexibility index (Phi) is 4.49. The number of aromatic nitrogens is 4. The summed E-state index contributed by atoms with van der Waals surface area (Å²) in [7, 11) is 0. The SMILES string of the molecule is c1ccc2c(-c3ccnc4c3ccc3cccnc34)cc(-c3ccnc4c3ccc3cccnc34)c-2cc1. The van der Waals surface area contributed by atoms with E-state index < -0.39 is 0 Å². The highest BCUT2D eigenvalue weighted by Crippen LogP contribution is 2.46. The number of rotatable bonds is 2. The molecule has 6 aromatic rings. The lowest BCUT2D eigenvalue weighted by Crippen LogP contribution is -1.88. The zero-order chi connectivity index (χ0) is 25.1. The second-order valence-corrected chi connectivity index (χ2v) is 9.50. The van der Waals surface area contributed by atoms with Gasteiger partial charge < -0.3 is 0 Å². The van der Waals surface area contributed by atoms with E-state index in [2.05, 4.69) is 94.9 Å². The lowest BCUT2D eigenvalue weighted by molar-refractivity contribution is 1.37. The van der Waals surface area contributed by atoms with Crippen molar-refractivity contribution in [1.29, 1.82) is 0 Å². The van der Waals surface area contributed by atoms with Crippen molar-refractivity contribution in [3.63, 3.8) is 0 Å². The van der Waals surface area contributed by atoms with Crippen LogP contribution in [-0.4, -0.2) is 19.9 Å². The fourth-order valence-corrected chi connectivity index (χ4v) is 5.74. The summed E-state index contributed by atoms with van der Waals surface area (Å²) < 4.78 is 0. The van der Waals surface area contributed by atoms with E-state index >= 15 is 0 Å². The average molecular weight is 485 g/mol. The fourth-order valence-electron chi connectivity index (χ4n) is 5.74. The van der Waals surface area contributed by atoms with Gasteiger partial charge in [0, 0.05) is 46.3 Å². The van der Waals surface area contributed by atoms with Gasteiger partial charge in [-0.1, -0.05) is 66.7 Å². The summed E-state index contributed by atoms with van der Waals surface area (Å²) >= 11 is 0. The number of benzene rings is 2. The first kappa shape index (κ1) is 20.9. The molecule has 176 valence electrons. The minimum Gasteiger partial charge on any atom is -0.254 e. The molecule has 2 aromatic carbocycles. The average Bonchev–Trinajstić information content (AvgIpc) is 3.15. The predicted molar refractivity (Wildman–Crippen MR) is 155 cm³/mol. The molecule has 0 fully saturated rings. The molecule has 0 radical (unpaired) electrons. The molecular formula is C34H20N4. The van der Waals surface area contributed by atoms with Crippen LogP contribution in [0.5, 0.6) is 0 Å². The van der Waals surface area contributed by atoms with Gasteiger partial charge in [-0.25, -0.2) is 0 Å². The molecule has 2 aliphatic carbocycles. The highest BCUT2D eigenvalue weighted by atomic mass is 14.7. The first-order valence-corrected chi connectivity index (χ1v) is 12.6. The molecule has 2 aliphatic rings. The van der Waals surface area contributed by atoms with Crippen LogP contribution < -0.4 is 0 Å². The highest BCUT2D eigenvalue weighted by molar-refractivity contribution is 6.14. The third kappa shape index (κ3) is 3.04. The van der Waals surface area contributed by atoms with Crippen molar-refractivity contribution in [3.8, 4) is 33.4 Å². The van der Waals surface area contributed by atoms with Crippen molar-refractivity contribution in [3.05, 3.63) is 122 Å². The molecule has 0 bridgehead atoms. The largest absolute Gasteiger partial charge is 0.254 e. The first-order valence-electron chi connectivity index (χ1n) is 12.6. The molecule has 0 unspecified atom stereocenters. The molecule has 4 heterocycles. The van der Waals surface area contributed by atoms with Crippen molar-refractivity contribution in [2.24, 2.45) is 0 Å². The summed E-state index contributed by atoms with van der Waals surface area (Å²) in [5.74, 6) is 0. The van der Waals surface area contributed by atoms with E-state index in [0.717, 1.165) is 54.7 Å². The normalized spacial score (nSPS) is 11.7. The first-order chi connectivity index (χ1) is 18.9. The maximum atomic E-state index is 4.75. The second kappa shape index (κ2) is 8.15. The Labute approximate surface area is 218 Å². The summed E-state index contributed by atoms with van der Waals surface area (Å²) in [6.45, 7) is 0. The lowest BCUT2D eigenvalue weighted by atomic mass is 9.97. The number of pyridine rings is 4. The maximum Gasteiger partial charge on any atom is 0.0970 e. The van der Waals surface area contributed by atoms with Crippen LogP contribution in [0.15, 0.2) is 122 Å². The maximum absolute atomic E-state index is 4.75. The smallest absolute Gasteiger partial charge is 0.0970 e. The van der Waals surface area contributed by atoms with E-state index in [-0.39, 0.29) is 0 Å². The third-order valence-electron chi connectivity index (χ3n) is 7.45. The molecule has 4 aromatic heterocycles. The molecule has 0 amide bonds. The minimum atomic E-state index is 0.920. The summed E-state index contributed by atoms with van der Waals surface area (Å²) in [6, 6.07) is 34.0. The van der Waals surface area contributed by atoms with E-state index in [4.69, 9.17) is 9.97 Å². The summed E-state index contributed by atoms with van der Waals surface area (Å²) in [6.07, 6.45) is 7.46. The molecule has 4 nitrogen and oxygen atoms in total. The molecule has 8 rings (SSSR count). The quantitative estimate of drug-likeness (QED) is 0.232. The molecule has 38 heavy (non-hydrogen) atoms. The van der Waals surface area contributed by atoms with Crippen LogP contribution in [0.25, 0.3) is 77.0 Å². The third-order valence-corrected chi connectivity index (χ3v) is 7.45. The van der Waals surface area contributed by atoms with Gasteiger partial charge >= 0.3 is 0 Å². The van der Waals surface area contributed by atoms with E-state index in [9.17, 15) is 0 Å². The second-order valence-electron chi connectivity index (χ2n) is 9.50. The van der Waals surface area contributed by atoms with Crippen LogP contribution in [0, 0.1) is 0 Å². The predicted octanol–water partition coefficient (Wildman–Crippen LogP) is 8.32. The zero-order valence-electron chi connectivity index (χ0n) is 20.3. The van der Waals surface area contributed by atoms with Crippen LogP contribution in [0.2, 0.25) is 0 Å². The number of nitrogens with zero attached hydrogens (tertiary/aromatic N) is 4. The number of hydrogen-bond acceptors (Lipinski definition) is 4. The van der Waals surface area contributed by atoms with E-state index in [1.165, 1.54) is 22.3 Å². The van der Waals surface area contributed by atoms with Crippen molar-refractivity contribution in [2.45, 2.75) is 0 Å². The molecule has 4 heteroatoms. The molecule has 0 atom stereocenters. The standard InChI is InChI=1S/C34H20N4/c1-2-8-23-24(9-3-1)30(26-15-19-38-34-28(26)13-11-22-7-5-17-36-32(22)34)20-29(23)25-14-18-37-33-27(25)12-10-21-6-4-16-35-31(21)33/h1-20H. The zero-order valence-corrected chi connectivity index (χ0v) is 20.3. The van der Waals surface area contributed by atoms with Crippen LogP contribution in [0.1, 0.15) is 0 Å². The van der Waals surface area contributed by atoms with Gasteiger partial charge in [0.05, 0.1) is 22.1 Å². The van der Waals surface area contributed by atoms with Gasteiger partial charge in [-0.3, -0.25) is 19.9 Å². The van der Waals surface area contributed by atoms with Crippen molar-refractivity contribution in [2.75, 3.05) is 0 Å². The minimum absolute atomic E-state index is 0.920. The molecule has 0 spiro atoms. The van der Waals surface area contributed by atoms with Gasteiger partial charge in [0.15, 0.2) is 0 Å². The van der Waals surface area contributed by atoms with E-state index in [1.54, 1.807) is 0 Å². The summed E-state index contributed by atoms with van der Waals surface area (Å²) in [5, 5.41) is 4.37. The van der Waals surface area contributed by atoms with E-state index in [0.29, 0.717) is 0 Å². The van der Waals surface area contributed by atoms with Crippen molar-refractivity contribution in [1.82, 2.24) is 19.9 Å². The van der Waals surface area contributed by atoms with E-state index in [1.807, 2.05) is 36.9 Å². The van der Waals surface area contributed by atoms with Crippen molar-refractivity contribution < 1.29 is 0 Å². The van der Waals surface area contributed by atoms with Crippen LogP contribution in [-0.2, 0) is 0 Å². The Morgan fingerprint density at radius 1 is 0.316 bits per heavy atom. The molecular weight excluding hydrogens is 464 g/mol. The van der Waals surface area contributed by atoms with Crippen molar-refractivity contribution >= 4 is 43.6 Å². The van der Waals surface area contributed by atoms with Gasteiger partial charge in [-0.15, -0.1) is 0 Å². The highest BCUT2D eigenvalue weighted by Gasteiger charge is 2.21. The molecule has 0 saturated carbocycles. The number of fused-ring (bicyclic) bond motifs is 7. The number of hydrogen-bond donors (Lipinski definition) is 0. The summed E-state index contributed by atoms with van der Waals surface area (Å²) in [5.41, 5.74) is 10.7. The Balaban J connectivity index is 1.44. The molecule has 0 aliphatic heterocycles. The van der Waals surface area contributed by atoms with Gasteiger partial charge in [-0.05, 0) is 63.7 Å². The summed E-state index contributed by atoms with van der Waals surface area (Å²) in [4.78, 5) is 18.8. The van der Waals surface area contributed by atoms with Gasteiger partial charge in [-0.2, -0.15) is 0 Å². The fraction of sp³-hybridized carbons (Fsp3) is 0. The Hall–Kier alpha value is -5.22. The Morgan fingerprint density at radius 2 is 0.816 bits per heavy atom. The molecule has 0 saturated heterocycles. The van der Waals surface area contributed by atoms with Gasteiger partial charge in [0.25, 0.3) is 0 Å². The van der Waals surface area contributed by atoms with Gasteiger partial charge in [0.1, 0.15) is 0 Å². The topological polar surface area (TPSA) is 51.6 Å². The Bertz CT molecular complexity index is 2000. The van der Waals surface area contributed by atoms with Crippen LogP contribution in [0.3, 0.4) is 0 Å². The monoisotopic (exact) mass is 484 g/mol. The lowest BCUT2D eigenvalue weighted by Gasteiger charge is -2.09. The molecule has 0 N–H and O–H groups in total.